The van der Waals surface area contributed by atoms with Gasteiger partial charge in [-0.3, -0.25) is 4.79 Å². The monoisotopic (exact) mass is 388 g/mol. The lowest BCUT2D eigenvalue weighted by molar-refractivity contribution is 0.102. The minimum atomic E-state index is -0.0375. The first-order chi connectivity index (χ1) is 11.1. The molecule has 0 saturated heterocycles. The summed E-state index contributed by atoms with van der Waals surface area (Å²) in [6, 6.07) is 9.00. The van der Waals surface area contributed by atoms with E-state index in [2.05, 4.69) is 35.9 Å². The van der Waals surface area contributed by atoms with Crippen molar-refractivity contribution in [3.05, 3.63) is 40.1 Å². The van der Waals surface area contributed by atoms with Gasteiger partial charge in [0.05, 0.1) is 5.75 Å². The van der Waals surface area contributed by atoms with Crippen LogP contribution in [0.3, 0.4) is 0 Å². The second kappa shape index (κ2) is 6.36. The Labute approximate surface area is 143 Å². The Kier molecular flexibility index (Phi) is 4.27. The molecule has 3 aromatic rings. The van der Waals surface area contributed by atoms with Crippen molar-refractivity contribution in [3.8, 4) is 6.07 Å². The molecular weight excluding hydrogens is 380 g/mol. The summed E-state index contributed by atoms with van der Waals surface area (Å²) < 4.78 is 0.912. The smallest absolute Gasteiger partial charge is 0.212 e. The average molecular weight is 389 g/mol. The summed E-state index contributed by atoms with van der Waals surface area (Å²) in [5, 5.41) is 9.18. The maximum absolute atomic E-state index is 12.1. The molecule has 0 fully saturated rings. The molecule has 114 valence electrons. The van der Waals surface area contributed by atoms with Crippen molar-refractivity contribution < 1.29 is 4.79 Å². The molecule has 9 heteroatoms. The number of aromatic nitrogens is 4. The number of imidazole rings is 1. The third-order valence-electron chi connectivity index (χ3n) is 2.96. The summed E-state index contributed by atoms with van der Waals surface area (Å²) in [6.07, 6.45) is 0. The van der Waals surface area contributed by atoms with E-state index in [0.29, 0.717) is 21.9 Å². The van der Waals surface area contributed by atoms with Crippen LogP contribution in [0.2, 0.25) is 0 Å². The maximum Gasteiger partial charge on any atom is 0.212 e. The van der Waals surface area contributed by atoms with Gasteiger partial charge in [-0.2, -0.15) is 10.2 Å². The number of nitriles is 1. The number of nitrogens with two attached hydrogens (primary N) is 1. The van der Waals surface area contributed by atoms with Gasteiger partial charge in [0.2, 0.25) is 5.82 Å². The third kappa shape index (κ3) is 3.33. The summed E-state index contributed by atoms with van der Waals surface area (Å²) >= 11 is 4.50. The molecule has 1 aromatic carbocycles. The Bertz CT molecular complexity index is 931. The lowest BCUT2D eigenvalue weighted by Crippen LogP contribution is -2.04. The molecular formula is C14H9BrN6OS. The van der Waals surface area contributed by atoms with E-state index in [9.17, 15) is 4.79 Å². The molecule has 7 nitrogen and oxygen atoms in total. The number of aromatic amines is 1. The summed E-state index contributed by atoms with van der Waals surface area (Å²) in [6.45, 7) is 0. The summed E-state index contributed by atoms with van der Waals surface area (Å²) in [4.78, 5) is 27.2. The van der Waals surface area contributed by atoms with Crippen LogP contribution in [0, 0.1) is 11.3 Å². The number of carbonyl (C=O) groups excluding carboxylic acids is 1. The van der Waals surface area contributed by atoms with Crippen LogP contribution in [0.1, 0.15) is 16.2 Å². The van der Waals surface area contributed by atoms with Crippen molar-refractivity contribution in [1.29, 1.82) is 5.26 Å². The summed E-state index contributed by atoms with van der Waals surface area (Å²) in [5.74, 6) is 0.462. The number of rotatable bonds is 4. The van der Waals surface area contributed by atoms with E-state index >= 15 is 0 Å². The van der Waals surface area contributed by atoms with Crippen LogP contribution in [0.25, 0.3) is 11.2 Å². The van der Waals surface area contributed by atoms with E-state index in [4.69, 9.17) is 11.0 Å². The number of nitrogen functional groups attached to an aromatic ring is 1. The fraction of sp³-hybridized carbons (Fsp3) is 0.0714. The highest BCUT2D eigenvalue weighted by Crippen LogP contribution is 2.22. The summed E-state index contributed by atoms with van der Waals surface area (Å²) in [5.41, 5.74) is 7.17. The lowest BCUT2D eigenvalue weighted by atomic mass is 10.2. The number of anilines is 1. The second-order valence-corrected chi connectivity index (χ2v) is 6.36. The van der Waals surface area contributed by atoms with E-state index < -0.39 is 0 Å². The Morgan fingerprint density at radius 2 is 2.04 bits per heavy atom. The highest BCUT2D eigenvalue weighted by molar-refractivity contribution is 9.10. The first-order valence-electron chi connectivity index (χ1n) is 6.41. The van der Waals surface area contributed by atoms with Crippen LogP contribution in [-0.2, 0) is 0 Å². The predicted molar refractivity (Wildman–Crippen MR) is 90.0 cm³/mol. The predicted octanol–water partition coefficient (Wildman–Crippen LogP) is 2.54. The standard InChI is InChI=1S/C14H9BrN6OS/c15-8-3-1-7(2-4-8)9(22)6-23-14-20-12(17)11-13(21-14)19-10(5-16)18-11/h1-4H,6H2,(H3,17,18,19,20,21). The zero-order valence-corrected chi connectivity index (χ0v) is 14.0. The number of benzene rings is 1. The minimum absolute atomic E-state index is 0.0375. The van der Waals surface area contributed by atoms with Crippen molar-refractivity contribution in [2.45, 2.75) is 5.16 Å². The largest absolute Gasteiger partial charge is 0.382 e. The quantitative estimate of drug-likeness (QED) is 0.400. The van der Waals surface area contributed by atoms with Crippen LogP contribution in [0.5, 0.6) is 0 Å². The SMILES string of the molecule is N#Cc1nc2nc(SCC(=O)c3ccc(Br)cc3)nc(N)c2[nH]1. The van der Waals surface area contributed by atoms with E-state index in [1.165, 1.54) is 11.8 Å². The Balaban J connectivity index is 1.78. The number of hydrogen-bond acceptors (Lipinski definition) is 7. The van der Waals surface area contributed by atoms with E-state index in [1.807, 2.05) is 18.2 Å². The van der Waals surface area contributed by atoms with Crippen molar-refractivity contribution >= 4 is 50.5 Å². The fourth-order valence-corrected chi connectivity index (χ4v) is 2.87. The normalized spacial score (nSPS) is 10.6. The number of halogens is 1. The van der Waals surface area contributed by atoms with Gasteiger partial charge in [-0.1, -0.05) is 39.8 Å². The van der Waals surface area contributed by atoms with Crippen LogP contribution in [0.15, 0.2) is 33.9 Å². The molecule has 0 amide bonds. The number of H-pyrrole nitrogens is 1. The minimum Gasteiger partial charge on any atom is -0.382 e. The molecule has 0 aliphatic heterocycles. The Morgan fingerprint density at radius 1 is 1.30 bits per heavy atom. The number of carbonyl (C=O) groups is 1. The van der Waals surface area contributed by atoms with Gasteiger partial charge in [0, 0.05) is 10.0 Å². The molecule has 0 spiro atoms. The zero-order chi connectivity index (χ0) is 16.4. The zero-order valence-electron chi connectivity index (χ0n) is 11.6. The molecule has 3 rings (SSSR count). The maximum atomic E-state index is 12.1. The Morgan fingerprint density at radius 3 is 2.74 bits per heavy atom. The molecule has 0 radical (unpaired) electrons. The average Bonchev–Trinajstić information content (AvgIpc) is 2.97. The van der Waals surface area contributed by atoms with Crippen LogP contribution < -0.4 is 5.73 Å². The number of nitrogens with one attached hydrogen (secondary N) is 1. The molecule has 0 bridgehead atoms. The van der Waals surface area contributed by atoms with Gasteiger partial charge < -0.3 is 10.7 Å². The van der Waals surface area contributed by atoms with Crippen molar-refractivity contribution in [3.63, 3.8) is 0 Å². The van der Waals surface area contributed by atoms with Crippen LogP contribution in [0.4, 0.5) is 5.82 Å². The molecule has 0 aliphatic carbocycles. The molecule has 23 heavy (non-hydrogen) atoms. The van der Waals surface area contributed by atoms with Gasteiger partial charge in [0.25, 0.3) is 0 Å². The third-order valence-corrected chi connectivity index (χ3v) is 4.34. The lowest BCUT2D eigenvalue weighted by Gasteiger charge is -2.02. The van der Waals surface area contributed by atoms with Gasteiger partial charge in [-0.15, -0.1) is 0 Å². The van der Waals surface area contributed by atoms with Gasteiger partial charge >= 0.3 is 0 Å². The molecule has 0 unspecified atom stereocenters. The number of hydrogen-bond donors (Lipinski definition) is 2. The number of ketones is 1. The van der Waals surface area contributed by atoms with Gasteiger partial charge in [-0.05, 0) is 12.1 Å². The van der Waals surface area contributed by atoms with Gasteiger partial charge in [-0.25, -0.2) is 9.97 Å². The van der Waals surface area contributed by atoms with Gasteiger partial charge in [0.1, 0.15) is 11.6 Å². The highest BCUT2D eigenvalue weighted by Gasteiger charge is 2.13. The van der Waals surface area contributed by atoms with E-state index in [0.717, 1.165) is 4.47 Å². The molecule has 0 aliphatic rings. The first-order valence-corrected chi connectivity index (χ1v) is 8.19. The molecule has 2 aromatic heterocycles. The van der Waals surface area contributed by atoms with Crippen LogP contribution >= 0.6 is 27.7 Å². The number of nitrogens with zero attached hydrogens (tertiary/aromatic N) is 4. The molecule has 0 atom stereocenters. The first kappa shape index (κ1) is 15.5. The number of Topliss-reactive ketones (excluding diaryl/α,β-unsaturated/α-hetero) is 1. The topological polar surface area (TPSA) is 121 Å². The van der Waals surface area contributed by atoms with Crippen molar-refractivity contribution in [2.24, 2.45) is 0 Å². The highest BCUT2D eigenvalue weighted by atomic mass is 79.9. The number of thioether (sulfide) groups is 1. The Hall–Kier alpha value is -2.44. The number of fused-ring (bicyclic) bond motifs is 1. The van der Waals surface area contributed by atoms with E-state index in [-0.39, 0.29) is 23.2 Å². The molecule has 2 heterocycles. The van der Waals surface area contributed by atoms with Crippen molar-refractivity contribution in [2.75, 3.05) is 11.5 Å². The second-order valence-electron chi connectivity index (χ2n) is 4.51. The van der Waals surface area contributed by atoms with Crippen LogP contribution in [-0.4, -0.2) is 31.5 Å². The van der Waals surface area contributed by atoms with E-state index in [1.54, 1.807) is 12.1 Å². The molecule has 3 N–H and O–H groups in total. The molecule has 0 saturated carbocycles. The van der Waals surface area contributed by atoms with Crippen molar-refractivity contribution in [1.82, 2.24) is 19.9 Å². The fourth-order valence-electron chi connectivity index (χ4n) is 1.86. The summed E-state index contributed by atoms with van der Waals surface area (Å²) in [7, 11) is 0. The van der Waals surface area contributed by atoms with Gasteiger partial charge in [0.15, 0.2) is 22.4 Å².